The number of hydrogen-bond acceptors (Lipinski definition) is 6. The van der Waals surface area contributed by atoms with Gasteiger partial charge in [0.15, 0.2) is 18.5 Å². The number of quaternary nitrogens is 1. The summed E-state index contributed by atoms with van der Waals surface area (Å²) < 4.78 is 6.27. The molecule has 2 heterocycles. The van der Waals surface area contributed by atoms with Gasteiger partial charge in [-0.1, -0.05) is 48.5 Å². The number of amides is 1. The minimum atomic E-state index is -2.10. The van der Waals surface area contributed by atoms with E-state index in [9.17, 15) is 14.7 Å². The fourth-order valence-electron chi connectivity index (χ4n) is 5.16. The van der Waals surface area contributed by atoms with E-state index in [-0.39, 0.29) is 12.5 Å². The van der Waals surface area contributed by atoms with Crippen LogP contribution in [0.25, 0.3) is 11.1 Å². The number of esters is 1. The third-order valence-electron chi connectivity index (χ3n) is 6.70. The molecule has 1 N–H and O–H groups in total. The molecule has 0 bridgehead atoms. The summed E-state index contributed by atoms with van der Waals surface area (Å²) in [5.41, 5.74) is 0.303. The van der Waals surface area contributed by atoms with Crippen molar-refractivity contribution in [2.24, 2.45) is 0 Å². The summed E-state index contributed by atoms with van der Waals surface area (Å²) in [5, 5.41) is 24.5. The molecule has 1 amide bonds. The molecule has 1 aliphatic carbocycles. The zero-order valence-corrected chi connectivity index (χ0v) is 18.9. The Bertz CT molecular complexity index is 1190. The van der Waals surface area contributed by atoms with Crippen LogP contribution >= 0.6 is 0 Å². The Hall–Kier alpha value is -3.62. The van der Waals surface area contributed by atoms with E-state index in [0.717, 1.165) is 24.1 Å². The first kappa shape index (κ1) is 22.2. The van der Waals surface area contributed by atoms with Gasteiger partial charge in [-0.3, -0.25) is 9.59 Å². The average molecular weight is 459 g/mol. The maximum absolute atomic E-state index is 14.1. The molecule has 0 radical (unpaired) electrons. The largest absolute Gasteiger partial charge is 0.834 e. The van der Waals surface area contributed by atoms with Crippen LogP contribution in [0.2, 0.25) is 0 Å². The third kappa shape index (κ3) is 3.95. The lowest BCUT2D eigenvalue weighted by Gasteiger charge is -2.42. The van der Waals surface area contributed by atoms with Crippen molar-refractivity contribution in [3.8, 4) is 11.1 Å². The van der Waals surface area contributed by atoms with Gasteiger partial charge in [-0.2, -0.15) is 5.10 Å². The lowest BCUT2D eigenvalue weighted by Crippen LogP contribution is -2.58. The second kappa shape index (κ2) is 8.62. The van der Waals surface area contributed by atoms with E-state index in [2.05, 4.69) is 15.5 Å². The number of piperidine rings is 1. The molecular weight excluding hydrogens is 432 g/mol. The molecule has 3 aromatic rings. The molecule has 1 fully saturated rings. The number of likely N-dealkylation sites (tertiary alicyclic amines) is 1. The molecule has 1 aliphatic heterocycles. The van der Waals surface area contributed by atoms with Crippen LogP contribution in [-0.2, 0) is 19.9 Å². The Labute approximate surface area is 197 Å². The van der Waals surface area contributed by atoms with Crippen LogP contribution < -0.4 is 10.4 Å². The van der Waals surface area contributed by atoms with Crippen LogP contribution in [0.3, 0.4) is 0 Å². The predicted molar refractivity (Wildman–Crippen MR) is 123 cm³/mol. The van der Waals surface area contributed by atoms with Crippen molar-refractivity contribution in [3.05, 3.63) is 78.0 Å². The van der Waals surface area contributed by atoms with Crippen molar-refractivity contribution in [2.75, 3.05) is 32.0 Å². The number of benzene rings is 2. The van der Waals surface area contributed by atoms with Crippen LogP contribution in [0.1, 0.15) is 24.0 Å². The molecule has 5 rings (SSSR count). The Kier molecular flexibility index (Phi) is 5.63. The molecule has 1 aromatic heterocycles. The van der Waals surface area contributed by atoms with E-state index in [1.165, 1.54) is 6.20 Å². The molecule has 34 heavy (non-hydrogen) atoms. The molecule has 0 saturated carbocycles. The molecule has 1 unspecified atom stereocenters. The lowest BCUT2D eigenvalue weighted by atomic mass is 9.91. The number of nitrogens with zero attached hydrogens (tertiary/aromatic N) is 3. The van der Waals surface area contributed by atoms with Crippen molar-refractivity contribution >= 4 is 17.7 Å². The highest BCUT2D eigenvalue weighted by atomic mass is 16.6. The number of nitrogens with one attached hydrogen (secondary N) is 1. The topological polar surface area (TPSA) is 104 Å². The normalized spacial score (nSPS) is 22.4. The summed E-state index contributed by atoms with van der Waals surface area (Å²) in [6, 6.07) is 17.8. The quantitative estimate of drug-likeness (QED) is 0.462. The van der Waals surface area contributed by atoms with E-state index >= 15 is 0 Å². The van der Waals surface area contributed by atoms with Crippen molar-refractivity contribution in [1.82, 2.24) is 10.2 Å². The van der Waals surface area contributed by atoms with Gasteiger partial charge in [0.1, 0.15) is 6.54 Å². The Balaban J connectivity index is 1.31. The molecular formula is C26H26N4O4. The second-order valence-electron chi connectivity index (χ2n) is 9.28. The van der Waals surface area contributed by atoms with Crippen LogP contribution in [-0.4, -0.2) is 59.3 Å². The van der Waals surface area contributed by atoms with Gasteiger partial charge < -0.3 is 19.6 Å². The second-order valence-corrected chi connectivity index (χ2v) is 9.28. The maximum atomic E-state index is 14.1. The minimum Gasteiger partial charge on any atom is -0.834 e. The molecule has 1 saturated heterocycles. The van der Waals surface area contributed by atoms with Gasteiger partial charge in [0.05, 0.1) is 13.6 Å². The maximum Gasteiger partial charge on any atom is 0.304 e. The zero-order chi connectivity index (χ0) is 23.8. The number of carbonyl (C=O) groups is 2. The van der Waals surface area contributed by atoms with E-state index in [0.29, 0.717) is 34.4 Å². The van der Waals surface area contributed by atoms with Crippen molar-refractivity contribution in [1.29, 1.82) is 0 Å². The van der Waals surface area contributed by atoms with Gasteiger partial charge in [-0.25, -0.2) is 0 Å². The van der Waals surface area contributed by atoms with Gasteiger partial charge >= 0.3 is 5.97 Å². The highest BCUT2D eigenvalue weighted by Crippen LogP contribution is 2.46. The van der Waals surface area contributed by atoms with Crippen LogP contribution in [0.4, 0.5) is 5.82 Å². The van der Waals surface area contributed by atoms with Crippen molar-refractivity contribution in [2.45, 2.75) is 24.5 Å². The standard InChI is InChI=1S/C26H26N4O4/c1-30(17-24(31)28-23-13-6-14-27-29-23)15-7-8-18(16-30)34-25(32)26(33)21-11-4-2-9-19(21)20-10-3-5-12-22(20)26/h2-6,9-14,18H,7-8,15-17H2,1H3,(H,28,29,31)/t18?,30-/m1/s1. The first-order chi connectivity index (χ1) is 16.4. The molecule has 2 aliphatic rings. The summed E-state index contributed by atoms with van der Waals surface area (Å²) in [4.78, 5) is 26.0. The first-order valence-electron chi connectivity index (χ1n) is 11.4. The van der Waals surface area contributed by atoms with Crippen LogP contribution in [0.15, 0.2) is 66.9 Å². The van der Waals surface area contributed by atoms with E-state index < -0.39 is 17.7 Å². The fourth-order valence-corrected chi connectivity index (χ4v) is 5.16. The zero-order valence-electron chi connectivity index (χ0n) is 18.9. The Morgan fingerprint density at radius 3 is 2.41 bits per heavy atom. The van der Waals surface area contributed by atoms with E-state index in [1.54, 1.807) is 36.4 Å². The predicted octanol–water partition coefficient (Wildman–Crippen LogP) is 1.85. The number of carbonyl (C=O) groups excluding carboxylic acids is 2. The number of rotatable bonds is 5. The number of fused-ring (bicyclic) bond motifs is 3. The summed E-state index contributed by atoms with van der Waals surface area (Å²) in [6.07, 6.45) is 2.54. The lowest BCUT2D eigenvalue weighted by molar-refractivity contribution is -0.909. The molecule has 2 aromatic carbocycles. The number of aromatic nitrogens is 2. The van der Waals surface area contributed by atoms with Crippen molar-refractivity contribution < 1.29 is 23.9 Å². The highest BCUT2D eigenvalue weighted by molar-refractivity contribution is 5.95. The average Bonchev–Trinajstić information content (AvgIpc) is 3.09. The van der Waals surface area contributed by atoms with Gasteiger partial charge in [-0.15, -0.1) is 5.10 Å². The summed E-state index contributed by atoms with van der Waals surface area (Å²) in [7, 11) is 1.96. The summed E-state index contributed by atoms with van der Waals surface area (Å²) in [5.74, 6) is -0.577. The van der Waals surface area contributed by atoms with Gasteiger partial charge in [0.25, 0.3) is 5.91 Å². The van der Waals surface area contributed by atoms with Crippen molar-refractivity contribution in [3.63, 3.8) is 0 Å². The first-order valence-corrected chi connectivity index (χ1v) is 11.4. The Morgan fingerprint density at radius 1 is 1.09 bits per heavy atom. The summed E-state index contributed by atoms with van der Waals surface area (Å²) >= 11 is 0. The van der Waals surface area contributed by atoms with Gasteiger partial charge in [0.2, 0.25) is 0 Å². The molecule has 8 nitrogen and oxygen atoms in total. The van der Waals surface area contributed by atoms with E-state index in [4.69, 9.17) is 4.74 Å². The molecule has 174 valence electrons. The monoisotopic (exact) mass is 458 g/mol. The van der Waals surface area contributed by atoms with Crippen LogP contribution in [0, 0.1) is 0 Å². The van der Waals surface area contributed by atoms with E-state index in [1.807, 2.05) is 31.3 Å². The minimum absolute atomic E-state index is 0.186. The number of ether oxygens (including phenoxy) is 1. The third-order valence-corrected chi connectivity index (χ3v) is 6.70. The Morgan fingerprint density at radius 2 is 1.76 bits per heavy atom. The van der Waals surface area contributed by atoms with Gasteiger partial charge in [0, 0.05) is 18.2 Å². The number of anilines is 1. The summed E-state index contributed by atoms with van der Waals surface area (Å²) in [6.45, 7) is 1.44. The van der Waals surface area contributed by atoms with Gasteiger partial charge in [-0.05, 0) is 40.8 Å². The highest BCUT2D eigenvalue weighted by Gasteiger charge is 2.43. The molecule has 8 heteroatoms. The SMILES string of the molecule is C[N@@+]1(CC(=O)Nc2cccnn2)CCCC(OC(=O)C2([O-])c3ccccc3-c3ccccc32)C1. The number of hydrogen-bond donors (Lipinski definition) is 1. The molecule has 0 spiro atoms. The smallest absolute Gasteiger partial charge is 0.304 e. The fraction of sp³-hybridized carbons (Fsp3) is 0.308. The number of likely N-dealkylation sites (N-methyl/N-ethyl adjacent to an activating group) is 1. The molecule has 2 atom stereocenters. The van der Waals surface area contributed by atoms with Crippen LogP contribution in [0.5, 0.6) is 0 Å².